The highest BCUT2D eigenvalue weighted by molar-refractivity contribution is 7.11. The summed E-state index contributed by atoms with van der Waals surface area (Å²) in [6.45, 7) is 3.36. The minimum absolute atomic E-state index is 0.397. The number of fused-ring (bicyclic) bond motifs is 1. The maximum absolute atomic E-state index is 10.3. The molecule has 0 bridgehead atoms. The van der Waals surface area contributed by atoms with Gasteiger partial charge >= 0.3 is 0 Å². The molecule has 0 spiro atoms. The highest BCUT2D eigenvalue weighted by Gasteiger charge is 2.28. The van der Waals surface area contributed by atoms with E-state index in [1.807, 2.05) is 23.6 Å². The van der Waals surface area contributed by atoms with Crippen LogP contribution in [0.4, 0.5) is 0 Å². The predicted octanol–water partition coefficient (Wildman–Crippen LogP) is 2.27. The Labute approximate surface area is 135 Å². The van der Waals surface area contributed by atoms with Crippen LogP contribution in [-0.4, -0.2) is 44.5 Å². The van der Waals surface area contributed by atoms with Gasteiger partial charge in [-0.25, -0.2) is 4.98 Å². The first kappa shape index (κ1) is 15.6. The van der Waals surface area contributed by atoms with Crippen molar-refractivity contribution in [1.29, 1.82) is 0 Å². The van der Waals surface area contributed by atoms with Gasteiger partial charge in [0, 0.05) is 29.9 Å². The van der Waals surface area contributed by atoms with E-state index in [-0.39, 0.29) is 0 Å². The Kier molecular flexibility index (Phi) is 4.90. The monoisotopic (exact) mass is 320 g/mol. The minimum atomic E-state index is -0.408. The second-order valence-electron chi connectivity index (χ2n) is 6.00. The van der Waals surface area contributed by atoms with Crippen molar-refractivity contribution in [2.75, 3.05) is 13.6 Å². The predicted molar refractivity (Wildman–Crippen MR) is 88.0 cm³/mol. The zero-order chi connectivity index (χ0) is 15.5. The van der Waals surface area contributed by atoms with Crippen molar-refractivity contribution in [2.45, 2.75) is 51.3 Å². The normalized spacial score (nSPS) is 19.4. The molecule has 3 rings (SSSR count). The number of aromatic nitrogens is 3. The topological polar surface area (TPSA) is 54.2 Å². The Hall–Kier alpha value is -1.24. The number of hydrogen-bond donors (Lipinski definition) is 1. The van der Waals surface area contributed by atoms with Crippen LogP contribution in [0.1, 0.15) is 41.4 Å². The first-order valence-corrected chi connectivity index (χ1v) is 8.83. The molecule has 0 radical (unpaired) electrons. The second-order valence-corrected chi connectivity index (χ2v) is 7.12. The van der Waals surface area contributed by atoms with Crippen molar-refractivity contribution in [3.05, 3.63) is 34.0 Å². The molecule has 2 aromatic rings. The average molecular weight is 320 g/mol. The number of likely N-dealkylation sites (N-methyl/N-ethyl adjacent to an activating group) is 1. The first-order chi connectivity index (χ1) is 10.7. The van der Waals surface area contributed by atoms with Gasteiger partial charge in [0.05, 0.1) is 23.4 Å². The molecule has 0 fully saturated rings. The average Bonchev–Trinajstić information content (AvgIpc) is 3.14. The van der Waals surface area contributed by atoms with Crippen LogP contribution in [-0.2, 0) is 19.4 Å². The lowest BCUT2D eigenvalue weighted by atomic mass is 9.97. The third kappa shape index (κ3) is 3.39. The fourth-order valence-corrected chi connectivity index (χ4v) is 4.41. The van der Waals surface area contributed by atoms with Crippen molar-refractivity contribution in [1.82, 2.24) is 19.7 Å². The summed E-state index contributed by atoms with van der Waals surface area (Å²) in [4.78, 5) is 8.45. The van der Waals surface area contributed by atoms with Gasteiger partial charge in [-0.3, -0.25) is 9.58 Å². The van der Waals surface area contributed by atoms with E-state index in [2.05, 4.69) is 24.0 Å². The van der Waals surface area contributed by atoms with Gasteiger partial charge in [-0.15, -0.1) is 11.3 Å². The molecule has 0 amide bonds. The van der Waals surface area contributed by atoms with E-state index in [1.54, 1.807) is 10.9 Å². The molecule has 22 heavy (non-hydrogen) atoms. The molecule has 6 heteroatoms. The number of rotatable bonds is 6. The first-order valence-electron chi connectivity index (χ1n) is 8.01. The summed E-state index contributed by atoms with van der Waals surface area (Å²) in [6, 6.07) is 2.28. The van der Waals surface area contributed by atoms with Gasteiger partial charge < -0.3 is 5.11 Å². The molecule has 0 aliphatic heterocycles. The van der Waals surface area contributed by atoms with Gasteiger partial charge in [-0.05, 0) is 38.8 Å². The fourth-order valence-electron chi connectivity index (χ4n) is 3.16. The largest absolute Gasteiger partial charge is 0.390 e. The van der Waals surface area contributed by atoms with Crippen LogP contribution in [0.15, 0.2) is 18.5 Å². The van der Waals surface area contributed by atoms with Crippen molar-refractivity contribution >= 4 is 11.3 Å². The SMILES string of the molecule is CCc1nc2c(s1)[C@@H](N(C)C[C@H](O)Cn1cccn1)CCC2. The number of hydrogen-bond acceptors (Lipinski definition) is 5. The Bertz CT molecular complexity index is 595. The number of aliphatic hydroxyl groups is 1. The summed E-state index contributed by atoms with van der Waals surface area (Å²) in [5, 5.41) is 15.7. The van der Waals surface area contributed by atoms with Gasteiger partial charge in [0.2, 0.25) is 0 Å². The molecule has 1 N–H and O–H groups in total. The van der Waals surface area contributed by atoms with Crippen molar-refractivity contribution in [2.24, 2.45) is 0 Å². The Balaban J connectivity index is 1.65. The van der Waals surface area contributed by atoms with E-state index in [9.17, 15) is 5.11 Å². The Morgan fingerprint density at radius 3 is 3.14 bits per heavy atom. The van der Waals surface area contributed by atoms with Crippen LogP contribution in [0.3, 0.4) is 0 Å². The molecule has 0 unspecified atom stereocenters. The Morgan fingerprint density at radius 2 is 2.41 bits per heavy atom. The molecule has 0 saturated carbocycles. The van der Waals surface area contributed by atoms with E-state index in [4.69, 9.17) is 4.98 Å². The lowest BCUT2D eigenvalue weighted by Gasteiger charge is -2.32. The van der Waals surface area contributed by atoms with Crippen molar-refractivity contribution < 1.29 is 5.11 Å². The fraction of sp³-hybridized carbons (Fsp3) is 0.625. The third-order valence-corrected chi connectivity index (χ3v) is 5.60. The van der Waals surface area contributed by atoms with Crippen LogP contribution < -0.4 is 0 Å². The zero-order valence-electron chi connectivity index (χ0n) is 13.3. The summed E-state index contributed by atoms with van der Waals surface area (Å²) in [7, 11) is 2.11. The van der Waals surface area contributed by atoms with E-state index in [0.29, 0.717) is 19.1 Å². The minimum Gasteiger partial charge on any atom is -0.390 e. The van der Waals surface area contributed by atoms with Crippen LogP contribution in [0.5, 0.6) is 0 Å². The van der Waals surface area contributed by atoms with Gasteiger partial charge in [-0.1, -0.05) is 6.92 Å². The van der Waals surface area contributed by atoms with E-state index < -0.39 is 6.10 Å². The van der Waals surface area contributed by atoms with Crippen LogP contribution in [0, 0.1) is 0 Å². The van der Waals surface area contributed by atoms with Crippen molar-refractivity contribution in [3.8, 4) is 0 Å². The second kappa shape index (κ2) is 6.89. The molecule has 120 valence electrons. The smallest absolute Gasteiger partial charge is 0.0928 e. The Morgan fingerprint density at radius 1 is 1.55 bits per heavy atom. The summed E-state index contributed by atoms with van der Waals surface area (Å²) >= 11 is 1.85. The van der Waals surface area contributed by atoms with Crippen molar-refractivity contribution in [3.63, 3.8) is 0 Å². The third-order valence-electron chi connectivity index (χ3n) is 4.26. The molecule has 2 atom stereocenters. The molecule has 2 heterocycles. The highest BCUT2D eigenvalue weighted by Crippen LogP contribution is 2.37. The molecule has 0 saturated heterocycles. The van der Waals surface area contributed by atoms with Gasteiger partial charge in [-0.2, -0.15) is 5.10 Å². The van der Waals surface area contributed by atoms with Gasteiger partial charge in [0.1, 0.15) is 0 Å². The number of aryl methyl sites for hydroxylation is 2. The van der Waals surface area contributed by atoms with Crippen LogP contribution in [0.2, 0.25) is 0 Å². The quantitative estimate of drug-likeness (QED) is 0.887. The maximum Gasteiger partial charge on any atom is 0.0928 e. The number of thiazole rings is 1. The molecular formula is C16H24N4OS. The summed E-state index contributed by atoms with van der Waals surface area (Å²) < 4.78 is 1.78. The van der Waals surface area contributed by atoms with E-state index in [1.165, 1.54) is 22.0 Å². The summed E-state index contributed by atoms with van der Waals surface area (Å²) in [5.41, 5.74) is 1.28. The van der Waals surface area contributed by atoms with E-state index >= 15 is 0 Å². The highest BCUT2D eigenvalue weighted by atomic mass is 32.1. The van der Waals surface area contributed by atoms with Gasteiger partial charge in [0.15, 0.2) is 0 Å². The lowest BCUT2D eigenvalue weighted by Crippen LogP contribution is -2.35. The van der Waals surface area contributed by atoms with E-state index in [0.717, 1.165) is 19.3 Å². The molecule has 1 aliphatic rings. The number of nitrogens with zero attached hydrogens (tertiary/aromatic N) is 4. The standard InChI is InChI=1S/C16H24N4OS/c1-3-15-18-13-6-4-7-14(16(13)22-15)19(2)10-12(21)11-20-9-5-8-17-20/h5,8-9,12,14,21H,3-4,6-7,10-11H2,1-2H3/t12-,14-/m0/s1. The number of aliphatic hydroxyl groups excluding tert-OH is 1. The molecule has 2 aromatic heterocycles. The molecular weight excluding hydrogens is 296 g/mol. The molecule has 0 aromatic carbocycles. The van der Waals surface area contributed by atoms with Crippen LogP contribution >= 0.6 is 11.3 Å². The zero-order valence-corrected chi connectivity index (χ0v) is 14.1. The molecule has 5 nitrogen and oxygen atoms in total. The van der Waals surface area contributed by atoms with Crippen LogP contribution in [0.25, 0.3) is 0 Å². The summed E-state index contributed by atoms with van der Waals surface area (Å²) in [6.07, 6.45) is 7.68. The maximum atomic E-state index is 10.3. The summed E-state index contributed by atoms with van der Waals surface area (Å²) in [5.74, 6) is 0. The molecule has 1 aliphatic carbocycles. The van der Waals surface area contributed by atoms with Gasteiger partial charge in [0.25, 0.3) is 0 Å². The lowest BCUT2D eigenvalue weighted by molar-refractivity contribution is 0.0838.